The van der Waals surface area contributed by atoms with Crippen LogP contribution < -0.4 is 10.0 Å². The molecule has 0 aliphatic carbocycles. The zero-order valence-corrected chi connectivity index (χ0v) is 15.1. The number of nitro groups is 1. The van der Waals surface area contributed by atoms with E-state index in [0.29, 0.717) is 0 Å². The Balaban J connectivity index is 2.29. The molecule has 2 rings (SSSR count). The number of benzene rings is 2. The van der Waals surface area contributed by atoms with Crippen LogP contribution in [0.3, 0.4) is 0 Å². The number of para-hydroxylation sites is 1. The van der Waals surface area contributed by atoms with Crippen molar-refractivity contribution in [3.8, 4) is 0 Å². The number of hydrogen-bond donors (Lipinski definition) is 2. The molecule has 1 amide bonds. The minimum atomic E-state index is -4.00. The van der Waals surface area contributed by atoms with E-state index < -0.39 is 14.9 Å². The number of non-ortho nitro benzene ring substituents is 1. The van der Waals surface area contributed by atoms with Crippen LogP contribution in [0, 0.1) is 10.1 Å². The number of rotatable bonds is 7. The molecule has 0 bridgehead atoms. The van der Waals surface area contributed by atoms with Crippen LogP contribution in [0.4, 0.5) is 11.4 Å². The number of carbonyl (C=O) groups excluding carboxylic acids is 1. The first kappa shape index (κ1) is 19.4. The van der Waals surface area contributed by atoms with Crippen LogP contribution in [0.5, 0.6) is 0 Å². The molecular formula is C17H19N3O5S. The van der Waals surface area contributed by atoms with E-state index in [4.69, 9.17) is 0 Å². The van der Waals surface area contributed by atoms with Gasteiger partial charge in [-0.05, 0) is 37.6 Å². The maximum atomic E-state index is 12.5. The molecule has 0 heterocycles. The van der Waals surface area contributed by atoms with Crippen LogP contribution in [-0.2, 0) is 10.0 Å². The Morgan fingerprint density at radius 1 is 1.15 bits per heavy atom. The Kier molecular flexibility index (Phi) is 5.93. The van der Waals surface area contributed by atoms with Gasteiger partial charge in [-0.15, -0.1) is 0 Å². The van der Waals surface area contributed by atoms with E-state index in [1.165, 1.54) is 12.1 Å². The normalized spacial score (nSPS) is 12.2. The van der Waals surface area contributed by atoms with Crippen LogP contribution in [0.1, 0.15) is 30.6 Å². The molecule has 2 N–H and O–H groups in total. The summed E-state index contributed by atoms with van der Waals surface area (Å²) in [6, 6.07) is 10.7. The van der Waals surface area contributed by atoms with Gasteiger partial charge in [0.15, 0.2) is 0 Å². The average molecular weight is 377 g/mol. The Hall–Kier alpha value is -2.94. The van der Waals surface area contributed by atoms with Crippen molar-refractivity contribution in [1.29, 1.82) is 0 Å². The van der Waals surface area contributed by atoms with Gasteiger partial charge in [0.1, 0.15) is 0 Å². The number of sulfonamides is 1. The highest BCUT2D eigenvalue weighted by Crippen LogP contribution is 2.22. The molecule has 2 aromatic carbocycles. The van der Waals surface area contributed by atoms with E-state index in [1.807, 2.05) is 13.8 Å². The Labute approximate surface area is 151 Å². The summed E-state index contributed by atoms with van der Waals surface area (Å²) < 4.78 is 27.4. The molecule has 2 aromatic rings. The maximum Gasteiger partial charge on any atom is 0.269 e. The Morgan fingerprint density at radius 3 is 2.35 bits per heavy atom. The molecule has 138 valence electrons. The third-order valence-corrected chi connectivity index (χ3v) is 5.15. The fraction of sp³-hybridized carbons (Fsp3) is 0.235. The van der Waals surface area contributed by atoms with Gasteiger partial charge in [0.2, 0.25) is 0 Å². The van der Waals surface area contributed by atoms with Crippen LogP contribution in [-0.4, -0.2) is 25.3 Å². The number of amides is 1. The zero-order valence-electron chi connectivity index (χ0n) is 14.3. The molecule has 0 aliphatic rings. The first-order chi connectivity index (χ1) is 12.2. The number of nitro benzene ring substituents is 1. The van der Waals surface area contributed by atoms with Crippen molar-refractivity contribution >= 4 is 27.3 Å². The van der Waals surface area contributed by atoms with E-state index >= 15 is 0 Å². The van der Waals surface area contributed by atoms with E-state index in [2.05, 4.69) is 10.0 Å². The summed E-state index contributed by atoms with van der Waals surface area (Å²) in [7, 11) is -4.00. The van der Waals surface area contributed by atoms with Crippen LogP contribution >= 0.6 is 0 Å². The molecule has 0 saturated heterocycles. The number of nitrogens with one attached hydrogen (secondary N) is 2. The predicted octanol–water partition coefficient (Wildman–Crippen LogP) is 2.92. The average Bonchev–Trinajstić information content (AvgIpc) is 2.61. The minimum absolute atomic E-state index is 0.0539. The standard InChI is InChI=1S/C17H19N3O5S/c1-3-12(2)18-17(21)15-6-4-5-7-16(15)19-26(24,25)14-10-8-13(9-11-14)20(22)23/h4-12,19H,3H2,1-2H3,(H,18,21). The molecule has 26 heavy (non-hydrogen) atoms. The highest BCUT2D eigenvalue weighted by molar-refractivity contribution is 7.92. The maximum absolute atomic E-state index is 12.5. The highest BCUT2D eigenvalue weighted by atomic mass is 32.2. The van der Waals surface area contributed by atoms with Gasteiger partial charge in [0.05, 0.1) is 21.1 Å². The SMILES string of the molecule is CCC(C)NC(=O)c1ccccc1NS(=O)(=O)c1ccc([N+](=O)[O-])cc1. The second kappa shape index (κ2) is 7.96. The molecule has 0 spiro atoms. The zero-order chi connectivity index (χ0) is 19.3. The number of anilines is 1. The first-order valence-corrected chi connectivity index (χ1v) is 9.40. The lowest BCUT2D eigenvalue weighted by atomic mass is 10.1. The second-order valence-corrected chi connectivity index (χ2v) is 7.37. The number of hydrogen-bond acceptors (Lipinski definition) is 5. The third kappa shape index (κ3) is 4.57. The monoisotopic (exact) mass is 377 g/mol. The van der Waals surface area contributed by atoms with Gasteiger partial charge in [-0.2, -0.15) is 0 Å². The number of carbonyl (C=O) groups is 1. The van der Waals surface area contributed by atoms with Crippen molar-refractivity contribution in [2.75, 3.05) is 4.72 Å². The van der Waals surface area contributed by atoms with Gasteiger partial charge >= 0.3 is 0 Å². The highest BCUT2D eigenvalue weighted by Gasteiger charge is 2.20. The molecule has 9 heteroatoms. The first-order valence-electron chi connectivity index (χ1n) is 7.91. The molecule has 0 fully saturated rings. The van der Waals surface area contributed by atoms with Crippen molar-refractivity contribution < 1.29 is 18.1 Å². The Bertz CT molecular complexity index is 910. The molecule has 8 nitrogen and oxygen atoms in total. The van der Waals surface area contributed by atoms with E-state index in [9.17, 15) is 23.3 Å². The minimum Gasteiger partial charge on any atom is -0.350 e. The van der Waals surface area contributed by atoms with Crippen LogP contribution in [0.15, 0.2) is 53.4 Å². The summed E-state index contributed by atoms with van der Waals surface area (Å²) >= 11 is 0. The summed E-state index contributed by atoms with van der Waals surface area (Å²) in [5, 5.41) is 13.5. The lowest BCUT2D eigenvalue weighted by Gasteiger charge is -2.15. The quantitative estimate of drug-likeness (QED) is 0.568. The Morgan fingerprint density at radius 2 is 1.77 bits per heavy atom. The smallest absolute Gasteiger partial charge is 0.269 e. The van der Waals surface area contributed by atoms with Crippen molar-refractivity contribution in [3.05, 3.63) is 64.2 Å². The van der Waals surface area contributed by atoms with Gasteiger partial charge in [-0.25, -0.2) is 8.42 Å². The lowest BCUT2D eigenvalue weighted by molar-refractivity contribution is -0.384. The van der Waals surface area contributed by atoms with Gasteiger partial charge < -0.3 is 5.32 Å². The van der Waals surface area contributed by atoms with Crippen molar-refractivity contribution in [2.24, 2.45) is 0 Å². The van der Waals surface area contributed by atoms with Crippen LogP contribution in [0.2, 0.25) is 0 Å². The van der Waals surface area contributed by atoms with Gasteiger partial charge in [0.25, 0.3) is 21.6 Å². The van der Waals surface area contributed by atoms with Crippen molar-refractivity contribution in [2.45, 2.75) is 31.2 Å². The molecular weight excluding hydrogens is 358 g/mol. The summed E-state index contributed by atoms with van der Waals surface area (Å²) in [5.74, 6) is -0.388. The topological polar surface area (TPSA) is 118 Å². The largest absolute Gasteiger partial charge is 0.350 e. The fourth-order valence-corrected chi connectivity index (χ4v) is 3.20. The predicted molar refractivity (Wildman–Crippen MR) is 97.6 cm³/mol. The molecule has 1 unspecified atom stereocenters. The summed E-state index contributed by atoms with van der Waals surface area (Å²) in [4.78, 5) is 22.3. The lowest BCUT2D eigenvalue weighted by Crippen LogP contribution is -2.32. The second-order valence-electron chi connectivity index (χ2n) is 5.68. The molecule has 0 aromatic heterocycles. The summed E-state index contributed by atoms with van der Waals surface area (Å²) in [6.45, 7) is 3.77. The van der Waals surface area contributed by atoms with Gasteiger partial charge in [-0.1, -0.05) is 19.1 Å². The molecule has 0 saturated carbocycles. The number of nitrogens with zero attached hydrogens (tertiary/aromatic N) is 1. The van der Waals surface area contributed by atoms with Crippen molar-refractivity contribution in [3.63, 3.8) is 0 Å². The molecule has 0 radical (unpaired) electrons. The molecule has 0 aliphatic heterocycles. The van der Waals surface area contributed by atoms with Crippen molar-refractivity contribution in [1.82, 2.24) is 5.32 Å². The summed E-state index contributed by atoms with van der Waals surface area (Å²) in [5.41, 5.74) is 0.113. The van der Waals surface area contributed by atoms with E-state index in [1.54, 1.807) is 12.1 Å². The van der Waals surface area contributed by atoms with E-state index in [0.717, 1.165) is 30.7 Å². The van der Waals surface area contributed by atoms with Crippen LogP contribution in [0.25, 0.3) is 0 Å². The van der Waals surface area contributed by atoms with E-state index in [-0.39, 0.29) is 33.8 Å². The third-order valence-electron chi connectivity index (χ3n) is 3.76. The summed E-state index contributed by atoms with van der Waals surface area (Å²) in [6.07, 6.45) is 0.739. The van der Waals surface area contributed by atoms with Gasteiger partial charge in [0, 0.05) is 18.2 Å². The van der Waals surface area contributed by atoms with Gasteiger partial charge in [-0.3, -0.25) is 19.6 Å². The fourth-order valence-electron chi connectivity index (χ4n) is 2.12. The molecule has 1 atom stereocenters.